The molecule has 114 valence electrons. The Balaban J connectivity index is 3.05. The summed E-state index contributed by atoms with van der Waals surface area (Å²) in [6.45, 7) is 12.1. The molecule has 1 aromatic rings. The van der Waals surface area contributed by atoms with Crippen LogP contribution >= 0.6 is 0 Å². The fraction of sp³-hybridized carbons (Fsp3) is 0.389. The molecule has 0 unspecified atom stereocenters. The van der Waals surface area contributed by atoms with Crippen LogP contribution in [0.25, 0.3) is 0 Å². The first-order valence-electron chi connectivity index (χ1n) is 7.20. The summed E-state index contributed by atoms with van der Waals surface area (Å²) in [6.07, 6.45) is 0. The van der Waals surface area contributed by atoms with Gasteiger partial charge in [0.2, 0.25) is 5.78 Å². The van der Waals surface area contributed by atoms with E-state index < -0.39 is 13.6 Å². The van der Waals surface area contributed by atoms with Crippen molar-refractivity contribution in [2.75, 3.05) is 0 Å². The smallest absolute Gasteiger partial charge is 0.221 e. The highest BCUT2D eigenvalue weighted by molar-refractivity contribution is 6.83. The molecule has 0 aliphatic heterocycles. The molecule has 4 heteroatoms. The maximum absolute atomic E-state index is 12.3. The van der Waals surface area contributed by atoms with Gasteiger partial charge in [-0.25, -0.2) is 0 Å². The first-order chi connectivity index (χ1) is 10.0. The van der Waals surface area contributed by atoms with E-state index in [2.05, 4.69) is 36.1 Å². The standard InChI is InChI=1S/C18H22N2OSi/c1-18(2,3)20-16(13-19)17(21)15-9-7-14(8-10-15)11-12-22(4,5)6/h7-10H,1-6H3/b20-16+. The monoisotopic (exact) mass is 310 g/mol. The third-order valence-electron chi connectivity index (χ3n) is 2.50. The highest BCUT2D eigenvalue weighted by atomic mass is 28.3. The van der Waals surface area contributed by atoms with Crippen LogP contribution in [0.2, 0.25) is 19.6 Å². The van der Waals surface area contributed by atoms with Crippen LogP contribution < -0.4 is 0 Å². The molecule has 0 N–H and O–H groups in total. The van der Waals surface area contributed by atoms with Crippen LogP contribution in [0.15, 0.2) is 29.3 Å². The number of rotatable bonds is 2. The molecule has 0 radical (unpaired) electrons. The van der Waals surface area contributed by atoms with Crippen LogP contribution in [0.1, 0.15) is 36.7 Å². The molecule has 0 bridgehead atoms. The second kappa shape index (κ2) is 6.73. The van der Waals surface area contributed by atoms with Crippen molar-refractivity contribution >= 4 is 19.6 Å². The molecule has 0 saturated heterocycles. The van der Waals surface area contributed by atoms with E-state index in [9.17, 15) is 4.79 Å². The van der Waals surface area contributed by atoms with Crippen LogP contribution in [0.3, 0.4) is 0 Å². The minimum absolute atomic E-state index is 0.0616. The SMILES string of the molecule is CC(C)(C)/N=C(\C#N)C(=O)c1ccc(C#C[Si](C)(C)C)cc1. The van der Waals surface area contributed by atoms with Crippen molar-refractivity contribution in [2.45, 2.75) is 46.0 Å². The Morgan fingerprint density at radius 1 is 1.14 bits per heavy atom. The van der Waals surface area contributed by atoms with E-state index in [0.29, 0.717) is 5.56 Å². The zero-order chi connectivity index (χ0) is 17.0. The predicted molar refractivity (Wildman–Crippen MR) is 93.8 cm³/mol. The Morgan fingerprint density at radius 2 is 1.68 bits per heavy atom. The predicted octanol–water partition coefficient (Wildman–Crippen LogP) is 3.86. The summed E-state index contributed by atoms with van der Waals surface area (Å²) in [7, 11) is -1.42. The molecule has 0 heterocycles. The van der Waals surface area contributed by atoms with Gasteiger partial charge in [0.25, 0.3) is 0 Å². The Bertz CT molecular complexity index is 684. The molecular formula is C18H22N2OSi. The molecule has 22 heavy (non-hydrogen) atoms. The fourth-order valence-electron chi connectivity index (χ4n) is 1.56. The Kier molecular flexibility index (Phi) is 5.47. The van der Waals surface area contributed by atoms with Crippen molar-refractivity contribution in [1.82, 2.24) is 0 Å². The van der Waals surface area contributed by atoms with Crippen molar-refractivity contribution in [1.29, 1.82) is 5.26 Å². The van der Waals surface area contributed by atoms with E-state index in [4.69, 9.17) is 5.26 Å². The van der Waals surface area contributed by atoms with Crippen LogP contribution in [0, 0.1) is 22.8 Å². The zero-order valence-electron chi connectivity index (χ0n) is 14.1. The largest absolute Gasteiger partial charge is 0.286 e. The number of carbonyl (C=O) groups is 1. The van der Waals surface area contributed by atoms with Gasteiger partial charge in [-0.3, -0.25) is 9.79 Å². The Morgan fingerprint density at radius 3 is 2.09 bits per heavy atom. The maximum atomic E-state index is 12.3. The van der Waals surface area contributed by atoms with E-state index in [-0.39, 0.29) is 11.5 Å². The average Bonchev–Trinajstić information content (AvgIpc) is 2.40. The summed E-state index contributed by atoms with van der Waals surface area (Å²) in [5, 5.41) is 9.13. The lowest BCUT2D eigenvalue weighted by Gasteiger charge is -2.12. The molecule has 0 aromatic heterocycles. The third kappa shape index (κ3) is 6.07. The molecule has 0 atom stereocenters. The topological polar surface area (TPSA) is 53.2 Å². The summed E-state index contributed by atoms with van der Waals surface area (Å²) < 4.78 is 0. The zero-order valence-corrected chi connectivity index (χ0v) is 15.1. The number of hydrogen-bond donors (Lipinski definition) is 0. The summed E-state index contributed by atoms with van der Waals surface area (Å²) in [5.74, 6) is 2.79. The molecule has 0 aliphatic rings. The van der Waals surface area contributed by atoms with Crippen LogP contribution in [-0.4, -0.2) is 25.1 Å². The van der Waals surface area contributed by atoms with Gasteiger partial charge in [0, 0.05) is 11.1 Å². The lowest BCUT2D eigenvalue weighted by Crippen LogP contribution is -2.20. The molecular weight excluding hydrogens is 288 g/mol. The van der Waals surface area contributed by atoms with Gasteiger partial charge in [-0.1, -0.05) is 25.6 Å². The molecule has 0 saturated carbocycles. The van der Waals surface area contributed by atoms with E-state index >= 15 is 0 Å². The summed E-state index contributed by atoms with van der Waals surface area (Å²) in [5.41, 5.74) is 4.10. The van der Waals surface area contributed by atoms with Crippen molar-refractivity contribution in [3.8, 4) is 17.5 Å². The lowest BCUT2D eigenvalue weighted by molar-refractivity contribution is 0.106. The van der Waals surface area contributed by atoms with Gasteiger partial charge in [-0.2, -0.15) is 5.26 Å². The second-order valence-corrected chi connectivity index (χ2v) is 11.9. The van der Waals surface area contributed by atoms with Gasteiger partial charge >= 0.3 is 0 Å². The number of Topliss-reactive ketones (excluding diaryl/α,β-unsaturated/α-hetero) is 1. The highest BCUT2D eigenvalue weighted by Gasteiger charge is 2.17. The second-order valence-electron chi connectivity index (χ2n) is 7.15. The minimum atomic E-state index is -1.42. The number of ketones is 1. The first kappa shape index (κ1) is 17.9. The van der Waals surface area contributed by atoms with Gasteiger partial charge in [0.15, 0.2) is 5.71 Å². The van der Waals surface area contributed by atoms with E-state index in [0.717, 1.165) is 5.56 Å². The normalized spacial score (nSPS) is 12.1. The lowest BCUT2D eigenvalue weighted by atomic mass is 10.0. The van der Waals surface area contributed by atoms with E-state index in [1.165, 1.54) is 0 Å². The van der Waals surface area contributed by atoms with Crippen molar-refractivity contribution in [3.05, 3.63) is 35.4 Å². The summed E-state index contributed by atoms with van der Waals surface area (Å²) >= 11 is 0. The van der Waals surface area contributed by atoms with Gasteiger partial charge in [0.1, 0.15) is 14.1 Å². The number of aliphatic imine (C=N–C) groups is 1. The van der Waals surface area contributed by atoms with E-state index in [1.807, 2.05) is 39.0 Å². The number of nitrogens with zero attached hydrogens (tertiary/aromatic N) is 2. The third-order valence-corrected chi connectivity index (χ3v) is 3.37. The fourth-order valence-corrected chi connectivity index (χ4v) is 2.08. The average molecular weight is 310 g/mol. The van der Waals surface area contributed by atoms with Gasteiger partial charge in [-0.15, -0.1) is 5.54 Å². The van der Waals surface area contributed by atoms with Crippen LogP contribution in [0.5, 0.6) is 0 Å². The van der Waals surface area contributed by atoms with Gasteiger partial charge in [0.05, 0.1) is 5.54 Å². The number of carbonyl (C=O) groups excluding carboxylic acids is 1. The van der Waals surface area contributed by atoms with Crippen molar-refractivity contribution in [2.24, 2.45) is 4.99 Å². The quantitative estimate of drug-likeness (QED) is 0.360. The van der Waals surface area contributed by atoms with Crippen LogP contribution in [-0.2, 0) is 0 Å². The number of hydrogen-bond acceptors (Lipinski definition) is 3. The minimum Gasteiger partial charge on any atom is -0.286 e. The Hall–Kier alpha value is -2.17. The summed E-state index contributed by atoms with van der Waals surface area (Å²) in [4.78, 5) is 16.5. The molecule has 0 spiro atoms. The van der Waals surface area contributed by atoms with Crippen molar-refractivity contribution in [3.63, 3.8) is 0 Å². The molecule has 0 fully saturated rings. The maximum Gasteiger partial charge on any atom is 0.221 e. The molecule has 1 rings (SSSR count). The molecule has 0 amide bonds. The number of benzene rings is 1. The number of nitriles is 1. The van der Waals surface area contributed by atoms with Crippen LogP contribution in [0.4, 0.5) is 0 Å². The van der Waals surface area contributed by atoms with Gasteiger partial charge in [-0.05, 0) is 45.0 Å². The Labute approximate surface area is 134 Å². The van der Waals surface area contributed by atoms with E-state index in [1.54, 1.807) is 12.1 Å². The first-order valence-corrected chi connectivity index (χ1v) is 10.7. The molecule has 3 nitrogen and oxygen atoms in total. The highest BCUT2D eigenvalue weighted by Crippen LogP contribution is 2.11. The molecule has 1 aromatic carbocycles. The van der Waals surface area contributed by atoms with Crippen molar-refractivity contribution < 1.29 is 4.79 Å². The summed E-state index contributed by atoms with van der Waals surface area (Å²) in [6, 6.07) is 8.92. The van der Waals surface area contributed by atoms with Gasteiger partial charge < -0.3 is 0 Å². The molecule has 0 aliphatic carbocycles.